The molecule has 2 heterocycles. The highest BCUT2D eigenvalue weighted by atomic mass is 16.5. The summed E-state index contributed by atoms with van der Waals surface area (Å²) < 4.78 is 16.1. The Morgan fingerprint density at radius 1 is 0.919 bits per heavy atom. The topological polar surface area (TPSA) is 78.0 Å². The molecule has 1 aromatic heterocycles. The molecule has 0 atom stereocenters. The van der Waals surface area contributed by atoms with Crippen LogP contribution in [0.2, 0.25) is 0 Å². The number of aromatic nitrogens is 1. The summed E-state index contributed by atoms with van der Waals surface area (Å²) in [5, 5.41) is 0.728. The number of ether oxygens (including phenoxy) is 3. The molecule has 1 aliphatic rings. The van der Waals surface area contributed by atoms with Gasteiger partial charge in [-0.3, -0.25) is 14.7 Å². The Kier molecular flexibility index (Phi) is 7.14. The molecule has 0 bridgehead atoms. The second kappa shape index (κ2) is 10.8. The minimum Gasteiger partial charge on any atom is -0.493 e. The van der Waals surface area contributed by atoms with E-state index in [9.17, 15) is 9.59 Å². The van der Waals surface area contributed by atoms with Gasteiger partial charge in [-0.1, -0.05) is 48.5 Å². The molecule has 188 valence electrons. The van der Waals surface area contributed by atoms with Crippen LogP contribution in [0.1, 0.15) is 37.5 Å². The minimum absolute atomic E-state index is 0.327. The summed E-state index contributed by atoms with van der Waals surface area (Å²) in [5.74, 6) is 0.107. The van der Waals surface area contributed by atoms with Crippen molar-refractivity contribution in [1.82, 2.24) is 9.88 Å². The highest BCUT2D eigenvalue weighted by Gasteiger charge is 2.27. The fourth-order valence-corrected chi connectivity index (χ4v) is 4.75. The van der Waals surface area contributed by atoms with Crippen LogP contribution < -0.4 is 9.47 Å². The Morgan fingerprint density at radius 3 is 2.46 bits per heavy atom. The lowest BCUT2D eigenvalue weighted by Gasteiger charge is -2.30. The van der Waals surface area contributed by atoms with Gasteiger partial charge in [0.05, 0.1) is 25.3 Å². The molecule has 7 nitrogen and oxygen atoms in total. The van der Waals surface area contributed by atoms with Gasteiger partial charge in [-0.05, 0) is 29.8 Å². The summed E-state index contributed by atoms with van der Waals surface area (Å²) in [6.07, 6.45) is 0.734. The van der Waals surface area contributed by atoms with Gasteiger partial charge in [0.15, 0.2) is 23.9 Å². The monoisotopic (exact) mass is 496 g/mol. The number of nitrogens with zero attached hydrogens (tertiary/aromatic N) is 2. The summed E-state index contributed by atoms with van der Waals surface area (Å²) in [6, 6.07) is 22.7. The van der Waals surface area contributed by atoms with Gasteiger partial charge in [0.25, 0.3) is 0 Å². The number of carbonyl (C=O) groups excluding carboxylic acids is 2. The van der Waals surface area contributed by atoms with Crippen LogP contribution in [0.5, 0.6) is 11.5 Å². The van der Waals surface area contributed by atoms with E-state index in [1.165, 1.54) is 19.8 Å². The third-order valence-electron chi connectivity index (χ3n) is 6.62. The van der Waals surface area contributed by atoms with E-state index in [-0.39, 0.29) is 12.4 Å². The average molecular weight is 497 g/mol. The van der Waals surface area contributed by atoms with Crippen molar-refractivity contribution in [2.45, 2.75) is 19.5 Å². The van der Waals surface area contributed by atoms with Gasteiger partial charge in [-0.25, -0.2) is 4.79 Å². The quantitative estimate of drug-likeness (QED) is 0.255. The molecule has 0 fully saturated rings. The van der Waals surface area contributed by atoms with Crippen LogP contribution in [-0.4, -0.2) is 49.0 Å². The Hall–Kier alpha value is -4.23. The number of hydrogen-bond donors (Lipinski definition) is 0. The Bertz CT molecular complexity index is 1450. The standard InChI is InChI=1S/C30H28N2O5/c1-35-27-13-12-21(16-28(27)36-2)26(33)19-37-30(34)29-22-10-6-7-11-24(22)31-25-14-15-32(18-23(25)29)17-20-8-4-3-5-9-20/h3-13,16H,14-15,17-19H2,1-2H3. The van der Waals surface area contributed by atoms with Gasteiger partial charge in [0, 0.05) is 48.3 Å². The predicted molar refractivity (Wildman–Crippen MR) is 140 cm³/mol. The van der Waals surface area contributed by atoms with Crippen molar-refractivity contribution < 1.29 is 23.8 Å². The second-order valence-corrected chi connectivity index (χ2v) is 8.94. The van der Waals surface area contributed by atoms with E-state index in [1.54, 1.807) is 18.2 Å². The molecule has 0 spiro atoms. The molecule has 37 heavy (non-hydrogen) atoms. The Labute approximate surface area is 215 Å². The third-order valence-corrected chi connectivity index (χ3v) is 6.62. The second-order valence-electron chi connectivity index (χ2n) is 8.94. The smallest absolute Gasteiger partial charge is 0.339 e. The zero-order chi connectivity index (χ0) is 25.8. The van der Waals surface area contributed by atoms with Crippen LogP contribution in [0.25, 0.3) is 10.9 Å². The molecule has 1 aliphatic heterocycles. The number of benzene rings is 3. The first-order valence-electron chi connectivity index (χ1n) is 12.2. The Morgan fingerprint density at radius 2 is 1.68 bits per heavy atom. The molecule has 0 amide bonds. The lowest BCUT2D eigenvalue weighted by molar-refractivity contribution is 0.0473. The lowest BCUT2D eigenvalue weighted by atomic mass is 9.95. The lowest BCUT2D eigenvalue weighted by Crippen LogP contribution is -2.32. The molecule has 3 aromatic carbocycles. The first-order valence-corrected chi connectivity index (χ1v) is 12.2. The number of hydrogen-bond acceptors (Lipinski definition) is 7. The maximum absolute atomic E-state index is 13.5. The van der Waals surface area contributed by atoms with Gasteiger partial charge in [0.2, 0.25) is 0 Å². The number of carbonyl (C=O) groups is 2. The van der Waals surface area contributed by atoms with Gasteiger partial charge in [0.1, 0.15) is 0 Å². The van der Waals surface area contributed by atoms with Crippen LogP contribution in [0, 0.1) is 0 Å². The molecule has 0 N–H and O–H groups in total. The van der Waals surface area contributed by atoms with Crippen molar-refractivity contribution in [3.05, 3.63) is 101 Å². The van der Waals surface area contributed by atoms with Crippen LogP contribution in [-0.2, 0) is 24.2 Å². The van der Waals surface area contributed by atoms with E-state index in [2.05, 4.69) is 17.0 Å². The van der Waals surface area contributed by atoms with E-state index in [4.69, 9.17) is 19.2 Å². The van der Waals surface area contributed by atoms with E-state index in [1.807, 2.05) is 42.5 Å². The maximum atomic E-state index is 13.5. The molecule has 0 aliphatic carbocycles. The highest BCUT2D eigenvalue weighted by Crippen LogP contribution is 2.30. The van der Waals surface area contributed by atoms with E-state index >= 15 is 0 Å². The largest absolute Gasteiger partial charge is 0.493 e. The summed E-state index contributed by atoms with van der Waals surface area (Å²) >= 11 is 0. The summed E-state index contributed by atoms with van der Waals surface area (Å²) in [5.41, 5.74) is 4.59. The van der Waals surface area contributed by atoms with Crippen molar-refractivity contribution in [3.63, 3.8) is 0 Å². The zero-order valence-corrected chi connectivity index (χ0v) is 20.9. The van der Waals surface area contributed by atoms with Crippen LogP contribution >= 0.6 is 0 Å². The number of pyridine rings is 1. The van der Waals surface area contributed by atoms with Crippen molar-refractivity contribution in [1.29, 1.82) is 0 Å². The third kappa shape index (κ3) is 5.17. The van der Waals surface area contributed by atoms with E-state index in [0.29, 0.717) is 29.2 Å². The molecule has 0 radical (unpaired) electrons. The van der Waals surface area contributed by atoms with Crippen LogP contribution in [0.15, 0.2) is 72.8 Å². The predicted octanol–water partition coefficient (Wildman–Crippen LogP) is 4.85. The van der Waals surface area contributed by atoms with Crippen LogP contribution in [0.3, 0.4) is 0 Å². The number of rotatable bonds is 8. The summed E-state index contributed by atoms with van der Waals surface area (Å²) in [7, 11) is 3.03. The fraction of sp³-hybridized carbons (Fsp3) is 0.233. The number of methoxy groups -OCH3 is 2. The molecule has 5 rings (SSSR count). The van der Waals surface area contributed by atoms with Gasteiger partial charge in [-0.15, -0.1) is 0 Å². The molecule has 4 aromatic rings. The number of Topliss-reactive ketones (excluding diaryl/α,β-unsaturated/α-hetero) is 1. The summed E-state index contributed by atoms with van der Waals surface area (Å²) in [4.78, 5) is 33.5. The molecule has 0 saturated carbocycles. The molecule has 0 unspecified atom stereocenters. The first kappa shape index (κ1) is 24.5. The molecular weight excluding hydrogens is 468 g/mol. The van der Waals surface area contributed by atoms with Gasteiger partial charge in [-0.2, -0.15) is 0 Å². The first-order chi connectivity index (χ1) is 18.1. The SMILES string of the molecule is COc1ccc(C(=O)COC(=O)c2c3c(nc4ccccc24)CCN(Cc2ccccc2)C3)cc1OC. The van der Waals surface area contributed by atoms with Crippen LogP contribution in [0.4, 0.5) is 0 Å². The Balaban J connectivity index is 1.40. The van der Waals surface area contributed by atoms with Crippen molar-refractivity contribution in [2.75, 3.05) is 27.4 Å². The van der Waals surface area contributed by atoms with Crippen molar-refractivity contribution in [3.8, 4) is 11.5 Å². The van der Waals surface area contributed by atoms with Crippen molar-refractivity contribution >= 4 is 22.7 Å². The molecule has 0 saturated heterocycles. The molecular formula is C30H28N2O5. The zero-order valence-electron chi connectivity index (χ0n) is 20.9. The van der Waals surface area contributed by atoms with Gasteiger partial charge >= 0.3 is 5.97 Å². The summed E-state index contributed by atoms with van der Waals surface area (Å²) in [6.45, 7) is 1.82. The van der Waals surface area contributed by atoms with E-state index < -0.39 is 5.97 Å². The van der Waals surface area contributed by atoms with E-state index in [0.717, 1.165) is 41.7 Å². The minimum atomic E-state index is -0.523. The number of ketones is 1. The average Bonchev–Trinajstić information content (AvgIpc) is 2.94. The van der Waals surface area contributed by atoms with Crippen molar-refractivity contribution in [2.24, 2.45) is 0 Å². The fourth-order valence-electron chi connectivity index (χ4n) is 4.75. The molecule has 7 heteroatoms. The highest BCUT2D eigenvalue weighted by molar-refractivity contribution is 6.06. The normalized spacial score (nSPS) is 13.1. The maximum Gasteiger partial charge on any atom is 0.339 e. The number of fused-ring (bicyclic) bond motifs is 2. The number of para-hydroxylation sites is 1. The number of esters is 1. The van der Waals surface area contributed by atoms with Gasteiger partial charge < -0.3 is 14.2 Å².